The highest BCUT2D eigenvalue weighted by molar-refractivity contribution is 9.10. The van der Waals surface area contributed by atoms with Gasteiger partial charge >= 0.3 is 5.97 Å². The van der Waals surface area contributed by atoms with Crippen LogP contribution in [0.2, 0.25) is 0 Å². The van der Waals surface area contributed by atoms with Crippen molar-refractivity contribution < 1.29 is 14.7 Å². The first-order chi connectivity index (χ1) is 11.4. The maximum atomic E-state index is 12.0. The van der Waals surface area contributed by atoms with Crippen molar-refractivity contribution in [1.82, 2.24) is 9.80 Å². The molecule has 0 aromatic heterocycles. The minimum Gasteiger partial charge on any atom is -0.480 e. The summed E-state index contributed by atoms with van der Waals surface area (Å²) in [5, 5.41) is 11.8. The lowest BCUT2D eigenvalue weighted by Crippen LogP contribution is -2.45. The number of rotatable bonds is 7. The molecule has 132 valence electrons. The van der Waals surface area contributed by atoms with Gasteiger partial charge in [-0.3, -0.25) is 14.5 Å². The van der Waals surface area contributed by atoms with Gasteiger partial charge in [-0.05, 0) is 51.2 Å². The van der Waals surface area contributed by atoms with Gasteiger partial charge in [0, 0.05) is 29.2 Å². The Morgan fingerprint density at radius 1 is 1.38 bits per heavy atom. The first-order valence-corrected chi connectivity index (χ1v) is 8.93. The zero-order chi connectivity index (χ0) is 17.5. The van der Waals surface area contributed by atoms with E-state index in [9.17, 15) is 9.59 Å². The fraction of sp³-hybridized carbons (Fsp3) is 0.529. The molecule has 1 aromatic rings. The van der Waals surface area contributed by atoms with Gasteiger partial charge in [0.2, 0.25) is 5.91 Å². The summed E-state index contributed by atoms with van der Waals surface area (Å²) in [5.74, 6) is -0.776. The molecule has 1 aliphatic heterocycles. The molecule has 0 aliphatic carbocycles. The molecule has 6 nitrogen and oxygen atoms in total. The van der Waals surface area contributed by atoms with Gasteiger partial charge in [-0.1, -0.05) is 22.0 Å². The molecule has 0 saturated carbocycles. The summed E-state index contributed by atoms with van der Waals surface area (Å²) in [6, 6.07) is 7.86. The molecule has 1 aliphatic rings. The number of anilines is 1. The molecular formula is C17H24BrN3O3. The topological polar surface area (TPSA) is 72.9 Å². The van der Waals surface area contributed by atoms with E-state index in [1.807, 2.05) is 36.2 Å². The van der Waals surface area contributed by atoms with Gasteiger partial charge in [0.1, 0.15) is 0 Å². The largest absolute Gasteiger partial charge is 0.480 e. The standard InChI is InChI=1S/C17H24BrN3O3/c1-20(12-17(23)24)15-5-8-21(9-6-15)10-7-16(22)19-14-4-2-3-13(18)11-14/h2-4,11,15H,5-10,12H2,1H3,(H,19,22)(H,23,24). The molecule has 0 bridgehead atoms. The fourth-order valence-electron chi connectivity index (χ4n) is 2.98. The Balaban J connectivity index is 1.68. The van der Waals surface area contributed by atoms with E-state index in [4.69, 9.17) is 5.11 Å². The van der Waals surface area contributed by atoms with Crippen LogP contribution in [0, 0.1) is 0 Å². The zero-order valence-electron chi connectivity index (χ0n) is 13.9. The molecule has 2 N–H and O–H groups in total. The van der Waals surface area contributed by atoms with E-state index in [0.29, 0.717) is 12.5 Å². The molecule has 24 heavy (non-hydrogen) atoms. The van der Waals surface area contributed by atoms with Crippen molar-refractivity contribution in [3.8, 4) is 0 Å². The summed E-state index contributed by atoms with van der Waals surface area (Å²) in [6.07, 6.45) is 2.34. The Morgan fingerprint density at radius 3 is 2.71 bits per heavy atom. The van der Waals surface area contributed by atoms with E-state index in [1.165, 1.54) is 0 Å². The van der Waals surface area contributed by atoms with Crippen LogP contribution in [-0.4, -0.2) is 66.1 Å². The summed E-state index contributed by atoms with van der Waals surface area (Å²) in [6.45, 7) is 2.62. The number of piperidine rings is 1. The number of benzene rings is 1. The smallest absolute Gasteiger partial charge is 0.317 e. The number of likely N-dealkylation sites (tertiary alicyclic amines) is 1. The Labute approximate surface area is 150 Å². The molecule has 1 amide bonds. The maximum absolute atomic E-state index is 12.0. The quantitative estimate of drug-likeness (QED) is 0.737. The Kier molecular flexibility index (Phi) is 7.20. The number of carbonyl (C=O) groups is 2. The van der Waals surface area contributed by atoms with E-state index < -0.39 is 5.97 Å². The van der Waals surface area contributed by atoms with Crippen LogP contribution in [0.15, 0.2) is 28.7 Å². The maximum Gasteiger partial charge on any atom is 0.317 e. The van der Waals surface area contributed by atoms with Crippen molar-refractivity contribution >= 4 is 33.5 Å². The van der Waals surface area contributed by atoms with Crippen LogP contribution >= 0.6 is 15.9 Å². The average Bonchev–Trinajstić information content (AvgIpc) is 2.53. The monoisotopic (exact) mass is 397 g/mol. The van der Waals surface area contributed by atoms with Crippen molar-refractivity contribution in [2.24, 2.45) is 0 Å². The number of hydrogen-bond acceptors (Lipinski definition) is 4. The summed E-state index contributed by atoms with van der Waals surface area (Å²) in [7, 11) is 1.86. The number of carboxylic acid groups (broad SMARTS) is 1. The van der Waals surface area contributed by atoms with Crippen LogP contribution in [0.4, 0.5) is 5.69 Å². The van der Waals surface area contributed by atoms with Gasteiger partial charge in [0.25, 0.3) is 0 Å². The molecule has 1 aromatic carbocycles. The number of nitrogens with one attached hydrogen (secondary N) is 1. The number of aliphatic carboxylic acids is 1. The summed E-state index contributed by atoms with van der Waals surface area (Å²) < 4.78 is 0.938. The van der Waals surface area contributed by atoms with Crippen molar-refractivity contribution in [3.05, 3.63) is 28.7 Å². The van der Waals surface area contributed by atoms with Crippen LogP contribution in [0.5, 0.6) is 0 Å². The van der Waals surface area contributed by atoms with E-state index in [1.54, 1.807) is 0 Å². The highest BCUT2D eigenvalue weighted by atomic mass is 79.9. The highest BCUT2D eigenvalue weighted by Gasteiger charge is 2.23. The molecule has 1 heterocycles. The molecule has 2 rings (SSSR count). The first kappa shape index (κ1) is 18.9. The number of carbonyl (C=O) groups excluding carboxylic acids is 1. The second-order valence-electron chi connectivity index (χ2n) is 6.19. The molecule has 0 radical (unpaired) electrons. The van der Waals surface area contributed by atoms with E-state index >= 15 is 0 Å². The van der Waals surface area contributed by atoms with Crippen molar-refractivity contribution in [1.29, 1.82) is 0 Å². The molecule has 0 atom stereocenters. The Bertz CT molecular complexity index is 574. The number of likely N-dealkylation sites (N-methyl/N-ethyl adjacent to an activating group) is 1. The Morgan fingerprint density at radius 2 is 2.08 bits per heavy atom. The van der Waals surface area contributed by atoms with Crippen molar-refractivity contribution in [2.45, 2.75) is 25.3 Å². The highest BCUT2D eigenvalue weighted by Crippen LogP contribution is 2.17. The minimum absolute atomic E-state index is 0.0122. The molecule has 0 spiro atoms. The second kappa shape index (κ2) is 9.15. The van der Waals surface area contributed by atoms with Crippen LogP contribution in [0.3, 0.4) is 0 Å². The van der Waals surface area contributed by atoms with Gasteiger partial charge in [0.05, 0.1) is 6.54 Å². The average molecular weight is 398 g/mol. The van der Waals surface area contributed by atoms with Crippen LogP contribution in [-0.2, 0) is 9.59 Å². The van der Waals surface area contributed by atoms with Crippen LogP contribution < -0.4 is 5.32 Å². The van der Waals surface area contributed by atoms with Gasteiger partial charge in [0.15, 0.2) is 0 Å². The van der Waals surface area contributed by atoms with Crippen molar-refractivity contribution in [3.63, 3.8) is 0 Å². The Hall–Kier alpha value is -1.44. The number of carboxylic acids is 1. The van der Waals surface area contributed by atoms with Gasteiger partial charge < -0.3 is 15.3 Å². The molecule has 1 fully saturated rings. The summed E-state index contributed by atoms with van der Waals surface area (Å²) in [5.41, 5.74) is 0.795. The second-order valence-corrected chi connectivity index (χ2v) is 7.11. The lowest BCUT2D eigenvalue weighted by atomic mass is 10.0. The van der Waals surface area contributed by atoms with Gasteiger partial charge in [-0.2, -0.15) is 0 Å². The van der Waals surface area contributed by atoms with Crippen LogP contribution in [0.25, 0.3) is 0 Å². The number of amides is 1. The van der Waals surface area contributed by atoms with Gasteiger partial charge in [-0.15, -0.1) is 0 Å². The number of hydrogen-bond donors (Lipinski definition) is 2. The van der Waals surface area contributed by atoms with E-state index in [2.05, 4.69) is 26.1 Å². The SMILES string of the molecule is CN(CC(=O)O)C1CCN(CCC(=O)Nc2cccc(Br)c2)CC1. The van der Waals surface area contributed by atoms with E-state index in [0.717, 1.165) is 42.6 Å². The molecule has 7 heteroatoms. The van der Waals surface area contributed by atoms with Crippen LogP contribution in [0.1, 0.15) is 19.3 Å². The third kappa shape index (κ3) is 6.22. The zero-order valence-corrected chi connectivity index (χ0v) is 15.5. The summed E-state index contributed by atoms with van der Waals surface area (Å²) >= 11 is 3.39. The first-order valence-electron chi connectivity index (χ1n) is 8.14. The molecule has 1 saturated heterocycles. The fourth-order valence-corrected chi connectivity index (χ4v) is 3.37. The third-order valence-electron chi connectivity index (χ3n) is 4.33. The number of halogens is 1. The normalized spacial score (nSPS) is 16.3. The predicted octanol–water partition coefficient (Wildman–Crippen LogP) is 2.26. The molecule has 0 unspecified atom stereocenters. The predicted molar refractivity (Wildman–Crippen MR) is 97.1 cm³/mol. The molecular weight excluding hydrogens is 374 g/mol. The van der Waals surface area contributed by atoms with Gasteiger partial charge in [-0.25, -0.2) is 0 Å². The lowest BCUT2D eigenvalue weighted by Gasteiger charge is -2.36. The minimum atomic E-state index is -0.788. The summed E-state index contributed by atoms with van der Waals surface area (Å²) in [4.78, 5) is 27.0. The van der Waals surface area contributed by atoms with Crippen molar-refractivity contribution in [2.75, 3.05) is 38.5 Å². The lowest BCUT2D eigenvalue weighted by molar-refractivity contribution is -0.138. The number of nitrogens with zero attached hydrogens (tertiary/aromatic N) is 2. The third-order valence-corrected chi connectivity index (χ3v) is 4.82. The van der Waals surface area contributed by atoms with E-state index in [-0.39, 0.29) is 12.5 Å².